The van der Waals surface area contributed by atoms with Gasteiger partial charge in [-0.15, -0.1) is 0 Å². The first-order valence-electron chi connectivity index (χ1n) is 9.78. The highest BCUT2D eigenvalue weighted by Gasteiger charge is 2.25. The molecule has 1 heterocycles. The van der Waals surface area contributed by atoms with E-state index in [-0.39, 0.29) is 34.3 Å². The van der Waals surface area contributed by atoms with Gasteiger partial charge in [-0.25, -0.2) is 14.6 Å². The van der Waals surface area contributed by atoms with Gasteiger partial charge in [-0.3, -0.25) is 10.1 Å². The van der Waals surface area contributed by atoms with Crippen LogP contribution in [0.15, 0.2) is 77.4 Å². The quantitative estimate of drug-likeness (QED) is 0.164. The molecule has 34 heavy (non-hydrogen) atoms. The second kappa shape index (κ2) is 9.55. The van der Waals surface area contributed by atoms with Crippen LogP contribution in [0.3, 0.4) is 0 Å². The largest absolute Gasteiger partial charge is 0.493 e. The summed E-state index contributed by atoms with van der Waals surface area (Å²) < 4.78 is 15.9. The molecule has 0 spiro atoms. The number of hydrogen-bond acceptors (Lipinski definition) is 8. The molecule has 3 aromatic carbocycles. The number of benzene rings is 3. The summed E-state index contributed by atoms with van der Waals surface area (Å²) in [5.41, 5.74) is 0.851. The summed E-state index contributed by atoms with van der Waals surface area (Å²) in [5, 5.41) is 11.3. The van der Waals surface area contributed by atoms with Gasteiger partial charge in [0.15, 0.2) is 17.2 Å². The summed E-state index contributed by atoms with van der Waals surface area (Å²) in [6.07, 6.45) is 1.49. The van der Waals surface area contributed by atoms with Crippen LogP contribution in [-0.4, -0.2) is 29.9 Å². The number of hydrogen-bond donors (Lipinski definition) is 0. The van der Waals surface area contributed by atoms with Gasteiger partial charge in [-0.05, 0) is 42.0 Å². The molecule has 0 fully saturated rings. The van der Waals surface area contributed by atoms with Crippen LogP contribution in [0.1, 0.15) is 21.5 Å². The third-order valence-corrected chi connectivity index (χ3v) is 5.04. The van der Waals surface area contributed by atoms with E-state index in [0.29, 0.717) is 16.1 Å². The van der Waals surface area contributed by atoms with Crippen LogP contribution in [0.5, 0.6) is 11.5 Å². The van der Waals surface area contributed by atoms with E-state index in [0.717, 1.165) is 6.07 Å². The van der Waals surface area contributed by atoms with Crippen LogP contribution in [0.2, 0.25) is 5.02 Å². The lowest BCUT2D eigenvalue weighted by atomic mass is 10.1. The Morgan fingerprint density at radius 3 is 2.62 bits per heavy atom. The maximum absolute atomic E-state index is 12.5. The van der Waals surface area contributed by atoms with Crippen LogP contribution in [0.25, 0.3) is 6.08 Å². The molecule has 0 N–H and O–H groups in total. The fourth-order valence-corrected chi connectivity index (χ4v) is 3.30. The highest BCUT2D eigenvalue weighted by molar-refractivity contribution is 6.34. The summed E-state index contributed by atoms with van der Waals surface area (Å²) >= 11 is 6.14. The first kappa shape index (κ1) is 22.7. The number of ether oxygens (including phenoxy) is 3. The third kappa shape index (κ3) is 4.79. The minimum atomic E-state index is -0.790. The topological polar surface area (TPSA) is 117 Å². The van der Waals surface area contributed by atoms with Gasteiger partial charge in [0.05, 0.1) is 28.2 Å². The Labute approximate surface area is 198 Å². The zero-order chi connectivity index (χ0) is 24.2. The van der Waals surface area contributed by atoms with Crippen molar-refractivity contribution in [1.82, 2.24) is 0 Å². The molecule has 10 heteroatoms. The highest BCUT2D eigenvalue weighted by atomic mass is 35.5. The Kier molecular flexibility index (Phi) is 6.37. The molecule has 0 radical (unpaired) electrons. The lowest BCUT2D eigenvalue weighted by Gasteiger charge is -2.10. The standard InChI is InChI=1S/C24H15ClN2O7/c1-32-21-12-14(11-19-24(29)34-22(26-19)17-7-2-3-8-18(17)25)9-10-20(21)33-23(28)15-5-4-6-16(13-15)27(30)31/h2-13H,1H3/b19-11-. The average molecular weight is 479 g/mol. The molecular weight excluding hydrogens is 464 g/mol. The second-order valence-electron chi connectivity index (χ2n) is 6.92. The van der Waals surface area contributed by atoms with Crippen LogP contribution in [-0.2, 0) is 9.53 Å². The van der Waals surface area contributed by atoms with Crippen LogP contribution < -0.4 is 9.47 Å². The highest BCUT2D eigenvalue weighted by Crippen LogP contribution is 2.31. The maximum Gasteiger partial charge on any atom is 0.363 e. The number of esters is 2. The molecule has 1 aliphatic rings. The Bertz CT molecular complexity index is 1380. The number of cyclic esters (lactones) is 1. The van der Waals surface area contributed by atoms with Crippen LogP contribution in [0.4, 0.5) is 5.69 Å². The van der Waals surface area contributed by atoms with E-state index < -0.39 is 16.9 Å². The van der Waals surface area contributed by atoms with Gasteiger partial charge in [0.2, 0.25) is 5.90 Å². The van der Waals surface area contributed by atoms with Gasteiger partial charge in [0.1, 0.15) is 0 Å². The Morgan fingerprint density at radius 2 is 1.88 bits per heavy atom. The fraction of sp³-hybridized carbons (Fsp3) is 0.0417. The van der Waals surface area contributed by atoms with E-state index in [9.17, 15) is 19.7 Å². The fourth-order valence-electron chi connectivity index (χ4n) is 3.08. The Balaban J connectivity index is 1.58. The van der Waals surface area contributed by atoms with Crippen molar-refractivity contribution in [3.05, 3.63) is 104 Å². The maximum atomic E-state index is 12.5. The van der Waals surface area contributed by atoms with Crippen molar-refractivity contribution >= 4 is 41.2 Å². The molecule has 0 saturated carbocycles. The molecule has 0 bridgehead atoms. The summed E-state index contributed by atoms with van der Waals surface area (Å²) in [4.78, 5) is 39.3. The smallest absolute Gasteiger partial charge is 0.363 e. The van der Waals surface area contributed by atoms with E-state index >= 15 is 0 Å². The van der Waals surface area contributed by atoms with E-state index in [1.54, 1.807) is 36.4 Å². The average Bonchev–Trinajstić information content (AvgIpc) is 3.19. The minimum absolute atomic E-state index is 0.0117. The summed E-state index contributed by atoms with van der Waals surface area (Å²) in [7, 11) is 1.38. The van der Waals surface area contributed by atoms with Gasteiger partial charge in [-0.1, -0.05) is 35.9 Å². The summed E-state index contributed by atoms with van der Waals surface area (Å²) in [5.74, 6) is -1.04. The predicted molar refractivity (Wildman–Crippen MR) is 123 cm³/mol. The second-order valence-corrected chi connectivity index (χ2v) is 7.33. The Morgan fingerprint density at radius 1 is 1.09 bits per heavy atom. The molecule has 0 aliphatic carbocycles. The molecule has 0 aromatic heterocycles. The van der Waals surface area contributed by atoms with Crippen LogP contribution >= 0.6 is 11.6 Å². The molecule has 9 nitrogen and oxygen atoms in total. The molecule has 0 saturated heterocycles. The van der Waals surface area contributed by atoms with Gasteiger partial charge < -0.3 is 14.2 Å². The lowest BCUT2D eigenvalue weighted by molar-refractivity contribution is -0.384. The summed E-state index contributed by atoms with van der Waals surface area (Å²) in [6.45, 7) is 0. The normalized spacial score (nSPS) is 13.9. The number of methoxy groups -OCH3 is 1. The zero-order valence-electron chi connectivity index (χ0n) is 17.6. The van der Waals surface area contributed by atoms with Crippen molar-refractivity contribution in [2.24, 2.45) is 4.99 Å². The predicted octanol–water partition coefficient (Wildman–Crippen LogP) is 4.82. The SMILES string of the molecule is COc1cc(/C=C2\N=C(c3ccccc3Cl)OC2=O)ccc1OC(=O)c1cccc([N+](=O)[O-])c1. The third-order valence-electron chi connectivity index (χ3n) is 4.71. The van der Waals surface area contributed by atoms with Crippen LogP contribution in [0, 0.1) is 10.1 Å². The number of nitro groups is 1. The molecule has 3 aromatic rings. The Hall–Kier alpha value is -4.50. The molecule has 1 aliphatic heterocycles. The first-order chi connectivity index (χ1) is 16.4. The van der Waals surface area contributed by atoms with E-state index in [1.165, 1.54) is 37.5 Å². The van der Waals surface area contributed by atoms with Gasteiger partial charge in [0.25, 0.3) is 5.69 Å². The number of halogens is 1. The molecular formula is C24H15ClN2O7. The molecule has 0 amide bonds. The number of nitro benzene ring substituents is 1. The molecule has 0 unspecified atom stereocenters. The van der Waals surface area contributed by atoms with E-state index in [1.807, 2.05) is 0 Å². The summed E-state index contributed by atoms with van der Waals surface area (Å²) in [6, 6.07) is 16.6. The van der Waals surface area contributed by atoms with E-state index in [4.69, 9.17) is 25.8 Å². The monoisotopic (exact) mass is 478 g/mol. The van der Waals surface area contributed by atoms with Gasteiger partial charge in [0, 0.05) is 12.1 Å². The number of carbonyl (C=O) groups is 2. The molecule has 4 rings (SSSR count). The van der Waals surface area contributed by atoms with Gasteiger partial charge >= 0.3 is 11.9 Å². The molecule has 0 atom stereocenters. The number of aliphatic imine (C=N–C) groups is 1. The molecule has 170 valence electrons. The zero-order valence-corrected chi connectivity index (χ0v) is 18.3. The van der Waals surface area contributed by atoms with Crippen molar-refractivity contribution in [2.45, 2.75) is 0 Å². The lowest BCUT2D eigenvalue weighted by Crippen LogP contribution is -2.09. The van der Waals surface area contributed by atoms with Crippen molar-refractivity contribution in [2.75, 3.05) is 7.11 Å². The number of non-ortho nitro benzene ring substituents is 1. The minimum Gasteiger partial charge on any atom is -0.493 e. The first-order valence-corrected chi connectivity index (χ1v) is 10.2. The van der Waals surface area contributed by atoms with Gasteiger partial charge in [-0.2, -0.15) is 0 Å². The number of rotatable bonds is 6. The number of nitrogens with zero attached hydrogens (tertiary/aromatic N) is 2. The van der Waals surface area contributed by atoms with E-state index in [2.05, 4.69) is 4.99 Å². The van der Waals surface area contributed by atoms with Crippen molar-refractivity contribution in [3.63, 3.8) is 0 Å². The number of carbonyl (C=O) groups excluding carboxylic acids is 2. The van der Waals surface area contributed by atoms with Crippen molar-refractivity contribution in [3.8, 4) is 11.5 Å². The van der Waals surface area contributed by atoms with Crippen molar-refractivity contribution < 1.29 is 28.7 Å². The van der Waals surface area contributed by atoms with Crippen molar-refractivity contribution in [1.29, 1.82) is 0 Å².